The molecule has 0 spiro atoms. The number of thioether (sulfide) groups is 1. The van der Waals surface area contributed by atoms with Gasteiger partial charge in [0.25, 0.3) is 0 Å². The fourth-order valence-electron chi connectivity index (χ4n) is 2.33. The molecule has 1 unspecified atom stereocenters. The number of hydrogen-bond donors (Lipinski definition) is 1. The molecule has 2 aromatic rings. The van der Waals surface area contributed by atoms with Gasteiger partial charge < -0.3 is 4.89 Å². The molecule has 2 rings (SSSR count). The van der Waals surface area contributed by atoms with Crippen molar-refractivity contribution in [3.63, 3.8) is 0 Å². The number of nitrogens with zero attached hydrogens (tertiary/aromatic N) is 2. The van der Waals surface area contributed by atoms with Crippen LogP contribution in [0, 0.1) is 6.92 Å². The first kappa shape index (κ1) is 22.8. The summed E-state index contributed by atoms with van der Waals surface area (Å²) < 4.78 is 14.3. The van der Waals surface area contributed by atoms with Crippen molar-refractivity contribution in [1.29, 1.82) is 0 Å². The summed E-state index contributed by atoms with van der Waals surface area (Å²) in [5.74, 6) is 0. The fourth-order valence-corrected chi connectivity index (χ4v) is 6.23. The molecule has 7 heteroatoms. The van der Waals surface area contributed by atoms with Crippen molar-refractivity contribution >= 4 is 48.0 Å². The maximum absolute atomic E-state index is 12.8. The van der Waals surface area contributed by atoms with E-state index in [0.717, 1.165) is 27.5 Å². The van der Waals surface area contributed by atoms with Gasteiger partial charge in [0.2, 0.25) is 0 Å². The summed E-state index contributed by atoms with van der Waals surface area (Å²) in [7, 11) is 0. The molecule has 0 amide bonds. The first-order valence-corrected chi connectivity index (χ1v) is 13.3. The molecule has 1 N–H and O–H groups in total. The number of aryl methyl sites for hydroxylation is 1. The van der Waals surface area contributed by atoms with E-state index in [0.29, 0.717) is 6.54 Å². The summed E-state index contributed by atoms with van der Waals surface area (Å²) in [6.07, 6.45) is 7.33. The number of aliphatic imine (C=N–C) groups is 1. The van der Waals surface area contributed by atoms with E-state index in [1.165, 1.54) is 16.6 Å². The molecular formula is C21H27N2O2PS2. The van der Waals surface area contributed by atoms with Crippen LogP contribution in [-0.2, 0) is 4.57 Å². The van der Waals surface area contributed by atoms with Crippen LogP contribution in [0.1, 0.15) is 25.0 Å². The van der Waals surface area contributed by atoms with Crippen molar-refractivity contribution in [2.75, 3.05) is 12.8 Å². The van der Waals surface area contributed by atoms with Gasteiger partial charge in [0.05, 0.1) is 12.0 Å². The SMILES string of the molecule is CSc1ccc(N=CN(CC=Cc2ccc(C)cc2)P(=O)(O)SC(C)C)cc1. The van der Waals surface area contributed by atoms with Crippen LogP contribution in [0.3, 0.4) is 0 Å². The van der Waals surface area contributed by atoms with Gasteiger partial charge in [-0.2, -0.15) is 0 Å². The van der Waals surface area contributed by atoms with E-state index in [2.05, 4.69) is 4.99 Å². The maximum Gasteiger partial charge on any atom is 0.352 e. The highest BCUT2D eigenvalue weighted by Gasteiger charge is 2.27. The highest BCUT2D eigenvalue weighted by Crippen LogP contribution is 2.59. The fraction of sp³-hybridized carbons (Fsp3) is 0.286. The average molecular weight is 435 g/mol. The van der Waals surface area contributed by atoms with Crippen molar-refractivity contribution in [2.24, 2.45) is 4.99 Å². The monoisotopic (exact) mass is 434 g/mol. The predicted molar refractivity (Wildman–Crippen MR) is 126 cm³/mol. The van der Waals surface area contributed by atoms with Crippen LogP contribution in [0.15, 0.2) is 64.5 Å². The van der Waals surface area contributed by atoms with E-state index in [9.17, 15) is 9.46 Å². The minimum Gasteiger partial charge on any atom is -0.321 e. The van der Waals surface area contributed by atoms with Crippen molar-refractivity contribution in [3.8, 4) is 0 Å². The van der Waals surface area contributed by atoms with Gasteiger partial charge in [-0.3, -0.25) is 9.24 Å². The van der Waals surface area contributed by atoms with Gasteiger partial charge in [0.1, 0.15) is 0 Å². The van der Waals surface area contributed by atoms with Gasteiger partial charge >= 0.3 is 6.72 Å². The molecule has 0 aromatic heterocycles. The topological polar surface area (TPSA) is 52.9 Å². The molecule has 0 saturated heterocycles. The smallest absolute Gasteiger partial charge is 0.321 e. The molecule has 0 saturated carbocycles. The van der Waals surface area contributed by atoms with E-state index >= 15 is 0 Å². The van der Waals surface area contributed by atoms with E-state index in [4.69, 9.17) is 0 Å². The Labute approximate surface area is 176 Å². The van der Waals surface area contributed by atoms with Gasteiger partial charge in [0.15, 0.2) is 0 Å². The Hall–Kier alpha value is -1.46. The summed E-state index contributed by atoms with van der Waals surface area (Å²) in [4.78, 5) is 16.1. The highest BCUT2D eigenvalue weighted by atomic mass is 32.7. The zero-order chi connectivity index (χ0) is 20.6. The normalized spacial score (nSPS) is 14.1. The van der Waals surface area contributed by atoms with Gasteiger partial charge in [0, 0.05) is 16.7 Å². The third-order valence-electron chi connectivity index (χ3n) is 3.77. The van der Waals surface area contributed by atoms with Gasteiger partial charge in [-0.15, -0.1) is 11.8 Å². The van der Waals surface area contributed by atoms with E-state index < -0.39 is 6.72 Å². The molecule has 0 radical (unpaired) electrons. The van der Waals surface area contributed by atoms with Crippen LogP contribution >= 0.6 is 29.9 Å². The van der Waals surface area contributed by atoms with Crippen molar-refractivity contribution < 1.29 is 9.46 Å². The molecule has 28 heavy (non-hydrogen) atoms. The molecule has 150 valence electrons. The van der Waals surface area contributed by atoms with Crippen LogP contribution in [0.4, 0.5) is 5.69 Å². The van der Waals surface area contributed by atoms with Gasteiger partial charge in [-0.05, 0) is 54.4 Å². The number of rotatable bonds is 9. The molecule has 0 aliphatic heterocycles. The Bertz CT molecular complexity index is 850. The lowest BCUT2D eigenvalue weighted by Crippen LogP contribution is -2.18. The van der Waals surface area contributed by atoms with E-state index in [1.54, 1.807) is 11.8 Å². The molecule has 2 aromatic carbocycles. The summed E-state index contributed by atoms with van der Waals surface area (Å²) in [6.45, 7) is 2.57. The van der Waals surface area contributed by atoms with Crippen LogP contribution in [-0.4, -0.2) is 34.0 Å². The average Bonchev–Trinajstić information content (AvgIpc) is 2.65. The predicted octanol–water partition coefficient (Wildman–Crippen LogP) is 6.63. The molecule has 0 fully saturated rings. The van der Waals surface area contributed by atoms with Crippen LogP contribution < -0.4 is 0 Å². The minimum absolute atomic E-state index is 0.0358. The Balaban J connectivity index is 2.16. The minimum atomic E-state index is -3.59. The lowest BCUT2D eigenvalue weighted by atomic mass is 10.1. The Kier molecular flexibility index (Phi) is 8.90. The molecule has 4 nitrogen and oxygen atoms in total. The zero-order valence-electron chi connectivity index (χ0n) is 16.6. The summed E-state index contributed by atoms with van der Waals surface area (Å²) in [6, 6.07) is 15.9. The Morgan fingerprint density at radius 2 is 1.79 bits per heavy atom. The second-order valence-corrected chi connectivity index (χ2v) is 12.1. The second kappa shape index (κ2) is 10.9. The lowest BCUT2D eigenvalue weighted by Gasteiger charge is -2.24. The lowest BCUT2D eigenvalue weighted by molar-refractivity contribution is 0.450. The summed E-state index contributed by atoms with van der Waals surface area (Å²) in [5, 5.41) is 0.0358. The number of benzene rings is 2. The van der Waals surface area contributed by atoms with Crippen LogP contribution in [0.2, 0.25) is 0 Å². The Morgan fingerprint density at radius 1 is 1.14 bits per heavy atom. The molecule has 0 bridgehead atoms. The summed E-state index contributed by atoms with van der Waals surface area (Å²) in [5.41, 5.74) is 3.01. The maximum atomic E-state index is 12.8. The van der Waals surface area contributed by atoms with Crippen LogP contribution in [0.25, 0.3) is 6.08 Å². The van der Waals surface area contributed by atoms with Gasteiger partial charge in [-0.25, -0.2) is 4.99 Å². The van der Waals surface area contributed by atoms with Crippen molar-refractivity contribution in [1.82, 2.24) is 4.67 Å². The van der Waals surface area contributed by atoms with Crippen LogP contribution in [0.5, 0.6) is 0 Å². The van der Waals surface area contributed by atoms with E-state index in [-0.39, 0.29) is 5.25 Å². The largest absolute Gasteiger partial charge is 0.352 e. The third kappa shape index (κ3) is 7.51. The number of hydrogen-bond acceptors (Lipinski definition) is 4. The molecule has 0 aliphatic rings. The Morgan fingerprint density at radius 3 is 2.36 bits per heavy atom. The molecular weight excluding hydrogens is 407 g/mol. The van der Waals surface area contributed by atoms with Gasteiger partial charge in [-0.1, -0.05) is 55.8 Å². The van der Waals surface area contributed by atoms with Crippen molar-refractivity contribution in [2.45, 2.75) is 30.9 Å². The first-order chi connectivity index (χ1) is 13.3. The zero-order valence-corrected chi connectivity index (χ0v) is 19.2. The standard InChI is InChI=1S/C21H27N2O2PS2/c1-17(2)28-26(24,25)23(15-5-6-19-9-7-18(3)8-10-19)16-22-20-11-13-21(27-4)14-12-20/h5-14,16-17H,15H2,1-4H3,(H,24,25). The molecule has 0 aliphatic carbocycles. The molecule has 0 heterocycles. The van der Waals surface area contributed by atoms with Crippen molar-refractivity contribution in [3.05, 3.63) is 65.7 Å². The third-order valence-corrected chi connectivity index (χ3v) is 8.84. The quantitative estimate of drug-likeness (QED) is 0.208. The summed E-state index contributed by atoms with van der Waals surface area (Å²) >= 11 is 2.73. The first-order valence-electron chi connectivity index (χ1n) is 9.00. The second-order valence-electron chi connectivity index (χ2n) is 6.52. The molecule has 1 atom stereocenters. The van der Waals surface area contributed by atoms with E-state index in [1.807, 2.05) is 87.7 Å². The highest BCUT2D eigenvalue weighted by molar-refractivity contribution is 8.55.